The van der Waals surface area contributed by atoms with Crippen LogP contribution in [-0.4, -0.2) is 13.2 Å². The molecule has 2 aromatic carbocycles. The fourth-order valence-corrected chi connectivity index (χ4v) is 3.13. The maximum Gasteiger partial charge on any atom is 0.162 e. The van der Waals surface area contributed by atoms with Crippen molar-refractivity contribution < 1.29 is 9.47 Å². The third kappa shape index (κ3) is 2.92. The smallest absolute Gasteiger partial charge is 0.162 e. The van der Waals surface area contributed by atoms with Gasteiger partial charge in [0.05, 0.1) is 0 Å². The van der Waals surface area contributed by atoms with Gasteiger partial charge in [0.1, 0.15) is 13.2 Å². The van der Waals surface area contributed by atoms with E-state index < -0.39 is 0 Å². The largest absolute Gasteiger partial charge is 0.486 e. The fraction of sp³-hybridized carbons (Fsp3) is 0.250. The van der Waals surface area contributed by atoms with Crippen LogP contribution in [-0.2, 0) is 12.3 Å². The molecular formula is C16H17NO2S. The van der Waals surface area contributed by atoms with Gasteiger partial charge in [-0.25, -0.2) is 0 Å². The van der Waals surface area contributed by atoms with E-state index in [1.807, 2.05) is 18.2 Å². The lowest BCUT2D eigenvalue weighted by molar-refractivity contribution is 0.171. The molecule has 0 aromatic heterocycles. The lowest BCUT2D eigenvalue weighted by Gasteiger charge is -2.18. The summed E-state index contributed by atoms with van der Waals surface area (Å²) >= 11 is 1.78. The summed E-state index contributed by atoms with van der Waals surface area (Å²) in [4.78, 5) is 1.18. The first-order valence-electron chi connectivity index (χ1n) is 6.66. The molecule has 0 fully saturated rings. The van der Waals surface area contributed by atoms with Gasteiger partial charge in [0.2, 0.25) is 0 Å². The van der Waals surface area contributed by atoms with Crippen molar-refractivity contribution >= 4 is 11.8 Å². The van der Waals surface area contributed by atoms with E-state index in [1.54, 1.807) is 11.8 Å². The minimum Gasteiger partial charge on any atom is -0.486 e. The van der Waals surface area contributed by atoms with Gasteiger partial charge >= 0.3 is 0 Å². The molecule has 1 heterocycles. The molecule has 0 amide bonds. The Morgan fingerprint density at radius 3 is 2.50 bits per heavy atom. The Morgan fingerprint density at radius 2 is 1.70 bits per heavy atom. The topological polar surface area (TPSA) is 44.5 Å². The summed E-state index contributed by atoms with van der Waals surface area (Å²) in [6.07, 6.45) is 0. The summed E-state index contributed by atoms with van der Waals surface area (Å²) in [5.74, 6) is 2.59. The van der Waals surface area contributed by atoms with Crippen molar-refractivity contribution in [1.82, 2.24) is 0 Å². The lowest BCUT2D eigenvalue weighted by Crippen LogP contribution is -2.15. The third-order valence-corrected chi connectivity index (χ3v) is 4.29. The highest BCUT2D eigenvalue weighted by atomic mass is 32.2. The van der Waals surface area contributed by atoms with Crippen LogP contribution in [0.25, 0.3) is 0 Å². The van der Waals surface area contributed by atoms with Crippen LogP contribution in [0.2, 0.25) is 0 Å². The molecule has 104 valence electrons. The monoisotopic (exact) mass is 287 g/mol. The van der Waals surface area contributed by atoms with E-state index in [2.05, 4.69) is 24.3 Å². The van der Waals surface area contributed by atoms with Gasteiger partial charge in [-0.1, -0.05) is 24.3 Å². The van der Waals surface area contributed by atoms with Gasteiger partial charge in [-0.05, 0) is 29.3 Å². The van der Waals surface area contributed by atoms with Crippen molar-refractivity contribution in [2.24, 2.45) is 5.73 Å². The molecule has 3 rings (SSSR count). The van der Waals surface area contributed by atoms with Crippen molar-refractivity contribution in [3.63, 3.8) is 0 Å². The molecule has 2 N–H and O–H groups in total. The first-order valence-corrected chi connectivity index (χ1v) is 7.64. The quantitative estimate of drug-likeness (QED) is 0.877. The van der Waals surface area contributed by atoms with E-state index in [1.165, 1.54) is 16.0 Å². The van der Waals surface area contributed by atoms with Gasteiger partial charge in [0, 0.05) is 17.2 Å². The standard InChI is InChI=1S/C16H17NO2S/c17-10-12-3-1-2-4-13(12)11-20-14-5-6-15-16(9-14)19-8-7-18-15/h1-6,9H,7-8,10-11,17H2. The van der Waals surface area contributed by atoms with Crippen LogP contribution in [0.15, 0.2) is 47.4 Å². The number of hydrogen-bond acceptors (Lipinski definition) is 4. The van der Waals surface area contributed by atoms with Crippen molar-refractivity contribution in [2.45, 2.75) is 17.2 Å². The molecule has 0 atom stereocenters. The van der Waals surface area contributed by atoms with E-state index >= 15 is 0 Å². The van der Waals surface area contributed by atoms with Crippen LogP contribution >= 0.6 is 11.8 Å². The highest BCUT2D eigenvalue weighted by molar-refractivity contribution is 7.98. The number of fused-ring (bicyclic) bond motifs is 1. The molecule has 1 aliphatic heterocycles. The Hall–Kier alpha value is -1.65. The van der Waals surface area contributed by atoms with Crippen LogP contribution in [0, 0.1) is 0 Å². The SMILES string of the molecule is NCc1ccccc1CSc1ccc2c(c1)OCCO2. The molecule has 0 radical (unpaired) electrons. The minimum atomic E-state index is 0.581. The predicted molar refractivity (Wildman–Crippen MR) is 81.3 cm³/mol. The van der Waals surface area contributed by atoms with E-state index in [0.29, 0.717) is 19.8 Å². The average Bonchev–Trinajstić information content (AvgIpc) is 2.53. The van der Waals surface area contributed by atoms with Gasteiger partial charge in [0.15, 0.2) is 11.5 Å². The normalized spacial score (nSPS) is 13.2. The lowest BCUT2D eigenvalue weighted by atomic mass is 10.1. The summed E-state index contributed by atoms with van der Waals surface area (Å²) in [5.41, 5.74) is 8.26. The van der Waals surface area contributed by atoms with Crippen LogP contribution < -0.4 is 15.2 Å². The Labute approximate surface area is 123 Å². The average molecular weight is 287 g/mol. The van der Waals surface area contributed by atoms with Crippen LogP contribution in [0.3, 0.4) is 0 Å². The number of hydrogen-bond donors (Lipinski definition) is 1. The molecule has 20 heavy (non-hydrogen) atoms. The zero-order valence-electron chi connectivity index (χ0n) is 11.2. The van der Waals surface area contributed by atoms with Crippen LogP contribution in [0.1, 0.15) is 11.1 Å². The van der Waals surface area contributed by atoms with E-state index in [0.717, 1.165) is 17.3 Å². The Bertz CT molecular complexity index is 601. The molecule has 1 aliphatic rings. The number of nitrogens with two attached hydrogens (primary N) is 1. The van der Waals surface area contributed by atoms with Crippen molar-refractivity contribution in [3.05, 3.63) is 53.6 Å². The molecule has 3 nitrogen and oxygen atoms in total. The molecule has 0 spiro atoms. The first kappa shape index (κ1) is 13.3. The van der Waals surface area contributed by atoms with E-state index in [-0.39, 0.29) is 0 Å². The zero-order chi connectivity index (χ0) is 13.8. The molecule has 0 bridgehead atoms. The number of ether oxygens (including phenoxy) is 2. The summed E-state index contributed by atoms with van der Waals surface area (Å²) in [6.45, 7) is 1.83. The second-order valence-corrected chi connectivity index (χ2v) is 5.62. The number of benzene rings is 2. The zero-order valence-corrected chi connectivity index (χ0v) is 12.0. The maximum atomic E-state index is 5.76. The predicted octanol–water partition coefficient (Wildman–Crippen LogP) is 3.21. The second-order valence-electron chi connectivity index (χ2n) is 4.57. The second kappa shape index (κ2) is 6.20. The van der Waals surface area contributed by atoms with Crippen LogP contribution in [0.4, 0.5) is 0 Å². The molecule has 4 heteroatoms. The minimum absolute atomic E-state index is 0.581. The van der Waals surface area contributed by atoms with Gasteiger partial charge < -0.3 is 15.2 Å². The fourth-order valence-electron chi connectivity index (χ4n) is 2.17. The summed E-state index contributed by atoms with van der Waals surface area (Å²) in [5, 5.41) is 0. The number of thioether (sulfide) groups is 1. The van der Waals surface area contributed by atoms with Crippen LogP contribution in [0.5, 0.6) is 11.5 Å². The van der Waals surface area contributed by atoms with E-state index in [4.69, 9.17) is 15.2 Å². The molecule has 0 aliphatic carbocycles. The van der Waals surface area contributed by atoms with Gasteiger partial charge in [0.25, 0.3) is 0 Å². The van der Waals surface area contributed by atoms with E-state index in [9.17, 15) is 0 Å². The van der Waals surface area contributed by atoms with Gasteiger partial charge in [-0.2, -0.15) is 0 Å². The Kier molecular flexibility index (Phi) is 4.14. The highest BCUT2D eigenvalue weighted by Crippen LogP contribution is 2.35. The van der Waals surface area contributed by atoms with Crippen molar-refractivity contribution in [1.29, 1.82) is 0 Å². The highest BCUT2D eigenvalue weighted by Gasteiger charge is 2.12. The number of rotatable bonds is 4. The van der Waals surface area contributed by atoms with Crippen molar-refractivity contribution in [2.75, 3.05) is 13.2 Å². The third-order valence-electron chi connectivity index (χ3n) is 3.25. The van der Waals surface area contributed by atoms with Crippen molar-refractivity contribution in [3.8, 4) is 11.5 Å². The molecule has 0 saturated carbocycles. The summed E-state index contributed by atoms with van der Waals surface area (Å²) in [6, 6.07) is 14.4. The molecule has 0 saturated heterocycles. The Balaban J connectivity index is 1.72. The molecular weight excluding hydrogens is 270 g/mol. The summed E-state index contributed by atoms with van der Waals surface area (Å²) in [7, 11) is 0. The van der Waals surface area contributed by atoms with Gasteiger partial charge in [-0.15, -0.1) is 11.8 Å². The Morgan fingerprint density at radius 1 is 0.950 bits per heavy atom. The first-order chi connectivity index (χ1) is 9.86. The molecule has 0 unspecified atom stereocenters. The molecule has 2 aromatic rings. The van der Waals surface area contributed by atoms with Gasteiger partial charge in [-0.3, -0.25) is 0 Å². The maximum absolute atomic E-state index is 5.76. The summed E-state index contributed by atoms with van der Waals surface area (Å²) < 4.78 is 11.1.